The van der Waals surface area contributed by atoms with Crippen LogP contribution in [0.1, 0.15) is 55.1 Å². The summed E-state index contributed by atoms with van der Waals surface area (Å²) in [5.41, 5.74) is 1.11. The van der Waals surface area contributed by atoms with Gasteiger partial charge in [0.25, 0.3) is 11.5 Å². The molecule has 1 N–H and O–H groups in total. The van der Waals surface area contributed by atoms with E-state index in [2.05, 4.69) is 17.2 Å². The Labute approximate surface area is 130 Å². The lowest BCUT2D eigenvalue weighted by molar-refractivity contribution is 0.0951. The van der Waals surface area contributed by atoms with E-state index >= 15 is 0 Å². The largest absolute Gasteiger partial charge is 0.352 e. The van der Waals surface area contributed by atoms with Gasteiger partial charge in [-0.3, -0.25) is 14.0 Å². The fourth-order valence-electron chi connectivity index (χ4n) is 2.46. The van der Waals surface area contributed by atoms with E-state index in [-0.39, 0.29) is 17.0 Å². The smallest absolute Gasteiger partial charge is 0.270 e. The van der Waals surface area contributed by atoms with Gasteiger partial charge in [-0.2, -0.15) is 0 Å². The summed E-state index contributed by atoms with van der Waals surface area (Å²) in [4.78, 5) is 28.8. The van der Waals surface area contributed by atoms with Gasteiger partial charge in [-0.05, 0) is 25.5 Å². The second-order valence-corrected chi connectivity index (χ2v) is 5.51. The fraction of sp³-hybridized carbons (Fsp3) is 0.471. The average molecular weight is 301 g/mol. The summed E-state index contributed by atoms with van der Waals surface area (Å²) in [6, 6.07) is 5.42. The highest BCUT2D eigenvalue weighted by molar-refractivity contribution is 5.93. The number of fused-ring (bicyclic) bond motifs is 1. The minimum atomic E-state index is -0.342. The van der Waals surface area contributed by atoms with Crippen molar-refractivity contribution in [2.45, 2.75) is 46.0 Å². The van der Waals surface area contributed by atoms with E-state index in [1.807, 2.05) is 19.1 Å². The molecule has 2 rings (SSSR count). The molecule has 0 aliphatic heterocycles. The van der Waals surface area contributed by atoms with Gasteiger partial charge in [0.1, 0.15) is 11.2 Å². The van der Waals surface area contributed by atoms with Gasteiger partial charge in [-0.1, -0.05) is 38.7 Å². The molecule has 0 aliphatic rings. The highest BCUT2D eigenvalue weighted by atomic mass is 16.2. The molecule has 2 aromatic rings. The number of aryl methyl sites for hydroxylation is 1. The third kappa shape index (κ3) is 3.72. The maximum atomic E-state index is 12.4. The summed E-state index contributed by atoms with van der Waals surface area (Å²) in [5.74, 6) is -0.342. The van der Waals surface area contributed by atoms with Crippen LogP contribution in [0.3, 0.4) is 0 Å². The molecule has 0 bridgehead atoms. The molecule has 0 saturated carbocycles. The summed E-state index contributed by atoms with van der Waals surface area (Å²) < 4.78 is 1.47. The maximum absolute atomic E-state index is 12.4. The highest BCUT2D eigenvalue weighted by Gasteiger charge is 2.13. The monoisotopic (exact) mass is 301 g/mol. The lowest BCUT2D eigenvalue weighted by atomic mass is 10.1. The van der Waals surface area contributed by atoms with Crippen LogP contribution in [0, 0.1) is 6.92 Å². The molecular weight excluding hydrogens is 278 g/mol. The second kappa shape index (κ2) is 7.73. The molecule has 0 unspecified atom stereocenters. The molecule has 2 aromatic heterocycles. The molecule has 1 amide bonds. The third-order valence-corrected chi connectivity index (χ3v) is 3.73. The van der Waals surface area contributed by atoms with E-state index < -0.39 is 0 Å². The average Bonchev–Trinajstić information content (AvgIpc) is 2.51. The topological polar surface area (TPSA) is 63.5 Å². The van der Waals surface area contributed by atoms with Gasteiger partial charge in [-0.15, -0.1) is 0 Å². The molecule has 5 nitrogen and oxygen atoms in total. The van der Waals surface area contributed by atoms with Gasteiger partial charge >= 0.3 is 0 Å². The molecule has 0 aromatic carbocycles. The van der Waals surface area contributed by atoms with E-state index in [9.17, 15) is 9.59 Å². The van der Waals surface area contributed by atoms with Crippen molar-refractivity contribution in [2.24, 2.45) is 0 Å². The molecule has 0 spiro atoms. The Kier molecular flexibility index (Phi) is 5.69. The number of rotatable bonds is 7. The van der Waals surface area contributed by atoms with Crippen LogP contribution in [-0.4, -0.2) is 21.8 Å². The lowest BCUT2D eigenvalue weighted by Gasteiger charge is -2.07. The first kappa shape index (κ1) is 16.2. The van der Waals surface area contributed by atoms with E-state index in [0.29, 0.717) is 12.2 Å². The minimum absolute atomic E-state index is 0.0976. The molecule has 0 atom stereocenters. The number of unbranched alkanes of at least 4 members (excludes halogenated alkanes) is 4. The number of carbonyl (C=O) groups excluding carboxylic acids is 1. The molecule has 2 heterocycles. The van der Waals surface area contributed by atoms with Crippen molar-refractivity contribution in [2.75, 3.05) is 6.54 Å². The van der Waals surface area contributed by atoms with Crippen molar-refractivity contribution in [1.29, 1.82) is 0 Å². The van der Waals surface area contributed by atoms with Crippen LogP contribution in [0.25, 0.3) is 5.65 Å². The number of nitrogens with one attached hydrogen (secondary N) is 1. The van der Waals surface area contributed by atoms with Crippen LogP contribution in [0.2, 0.25) is 0 Å². The summed E-state index contributed by atoms with van der Waals surface area (Å²) in [7, 11) is 0. The molecule has 0 radical (unpaired) electrons. The molecule has 22 heavy (non-hydrogen) atoms. The predicted octanol–water partition coefficient (Wildman–Crippen LogP) is 2.70. The van der Waals surface area contributed by atoms with Crippen molar-refractivity contribution in [1.82, 2.24) is 14.7 Å². The molecule has 0 saturated heterocycles. The number of hydrogen-bond acceptors (Lipinski definition) is 3. The zero-order valence-corrected chi connectivity index (χ0v) is 13.3. The van der Waals surface area contributed by atoms with E-state index in [1.165, 1.54) is 29.9 Å². The van der Waals surface area contributed by atoms with E-state index in [1.54, 1.807) is 6.07 Å². The Hall–Kier alpha value is -2.17. The first-order chi connectivity index (χ1) is 10.6. The first-order valence-corrected chi connectivity index (χ1v) is 7.90. The zero-order chi connectivity index (χ0) is 15.9. The molecule has 118 valence electrons. The van der Waals surface area contributed by atoms with Crippen molar-refractivity contribution in [3.05, 3.63) is 46.0 Å². The number of hydrogen-bond donors (Lipinski definition) is 1. The van der Waals surface area contributed by atoms with Gasteiger partial charge in [0.05, 0.1) is 0 Å². The van der Waals surface area contributed by atoms with Gasteiger partial charge in [0.15, 0.2) is 0 Å². The van der Waals surface area contributed by atoms with E-state index in [4.69, 9.17) is 0 Å². The van der Waals surface area contributed by atoms with Crippen molar-refractivity contribution in [3.63, 3.8) is 0 Å². The number of amides is 1. The SMILES string of the molecule is CCCCCCCNC(=O)c1cnc2cccc(C)n2c1=O. The summed E-state index contributed by atoms with van der Waals surface area (Å²) in [6.07, 6.45) is 7.01. The fourth-order valence-corrected chi connectivity index (χ4v) is 2.46. The molecular formula is C17H23N3O2. The highest BCUT2D eigenvalue weighted by Crippen LogP contribution is 2.03. The number of nitrogens with zero attached hydrogens (tertiary/aromatic N) is 2. The molecule has 0 fully saturated rings. The van der Waals surface area contributed by atoms with Crippen LogP contribution in [0.4, 0.5) is 0 Å². The van der Waals surface area contributed by atoms with Crippen LogP contribution in [0.5, 0.6) is 0 Å². The second-order valence-electron chi connectivity index (χ2n) is 5.51. The van der Waals surface area contributed by atoms with Crippen molar-refractivity contribution < 1.29 is 4.79 Å². The lowest BCUT2D eigenvalue weighted by Crippen LogP contribution is -2.32. The molecule has 0 aliphatic carbocycles. The summed E-state index contributed by atoms with van der Waals surface area (Å²) >= 11 is 0. The van der Waals surface area contributed by atoms with Gasteiger partial charge in [0, 0.05) is 18.4 Å². The van der Waals surface area contributed by atoms with Crippen LogP contribution in [-0.2, 0) is 0 Å². The van der Waals surface area contributed by atoms with Gasteiger partial charge < -0.3 is 5.32 Å². The zero-order valence-electron chi connectivity index (χ0n) is 13.3. The number of aromatic nitrogens is 2. The normalized spacial score (nSPS) is 10.8. The predicted molar refractivity (Wildman–Crippen MR) is 87.3 cm³/mol. The van der Waals surface area contributed by atoms with Gasteiger partial charge in [-0.25, -0.2) is 4.98 Å². The Morgan fingerprint density at radius 3 is 2.77 bits per heavy atom. The Balaban J connectivity index is 2.04. The third-order valence-electron chi connectivity index (χ3n) is 3.73. The Morgan fingerprint density at radius 1 is 1.23 bits per heavy atom. The first-order valence-electron chi connectivity index (χ1n) is 7.90. The summed E-state index contributed by atoms with van der Waals surface area (Å²) in [6.45, 7) is 4.59. The number of pyridine rings is 1. The van der Waals surface area contributed by atoms with Crippen molar-refractivity contribution in [3.8, 4) is 0 Å². The van der Waals surface area contributed by atoms with Gasteiger partial charge in [0.2, 0.25) is 0 Å². The summed E-state index contributed by atoms with van der Waals surface area (Å²) in [5, 5.41) is 2.81. The van der Waals surface area contributed by atoms with Crippen LogP contribution < -0.4 is 10.9 Å². The van der Waals surface area contributed by atoms with E-state index in [0.717, 1.165) is 18.5 Å². The van der Waals surface area contributed by atoms with Crippen LogP contribution >= 0.6 is 0 Å². The minimum Gasteiger partial charge on any atom is -0.352 e. The maximum Gasteiger partial charge on any atom is 0.270 e. The quantitative estimate of drug-likeness (QED) is 0.800. The Bertz CT molecular complexity index is 707. The Morgan fingerprint density at radius 2 is 2.00 bits per heavy atom. The van der Waals surface area contributed by atoms with Crippen molar-refractivity contribution >= 4 is 11.6 Å². The number of carbonyl (C=O) groups is 1. The molecule has 5 heteroatoms. The standard InChI is InChI=1S/C17H23N3O2/c1-3-4-5-6-7-11-18-16(21)14-12-19-15-10-8-9-13(2)20(15)17(14)22/h8-10,12H,3-7,11H2,1-2H3,(H,18,21). The van der Waals surface area contributed by atoms with Crippen LogP contribution in [0.15, 0.2) is 29.2 Å².